The molecule has 1 N–H and O–H groups in total. The molecule has 0 saturated heterocycles. The highest BCUT2D eigenvalue weighted by Gasteiger charge is 2.17. The molecular formula is C21H22N2O4. The van der Waals surface area contributed by atoms with Crippen LogP contribution in [0.15, 0.2) is 53.1 Å². The standard InChI is InChI=1S/C21H22N2O4/c1-14-10-20(15(2)23(14)12-19-8-5-9-26-19)21(25)13-27-18-7-4-6-17(11-18)22-16(3)24/h4-11H,12-13H2,1-3H3,(H,22,24). The lowest BCUT2D eigenvalue weighted by molar-refractivity contribution is -0.114. The molecule has 0 spiro atoms. The van der Waals surface area contributed by atoms with Crippen molar-refractivity contribution >= 4 is 17.4 Å². The van der Waals surface area contributed by atoms with Gasteiger partial charge in [0.2, 0.25) is 11.7 Å². The molecule has 27 heavy (non-hydrogen) atoms. The molecule has 3 rings (SSSR count). The van der Waals surface area contributed by atoms with E-state index in [1.165, 1.54) is 6.92 Å². The molecule has 0 fully saturated rings. The van der Waals surface area contributed by atoms with Crippen LogP contribution in [0.25, 0.3) is 0 Å². The van der Waals surface area contributed by atoms with E-state index < -0.39 is 0 Å². The molecule has 0 aliphatic rings. The summed E-state index contributed by atoms with van der Waals surface area (Å²) in [5, 5.41) is 2.69. The Kier molecular flexibility index (Phi) is 5.45. The lowest BCUT2D eigenvalue weighted by atomic mass is 10.1. The van der Waals surface area contributed by atoms with E-state index in [0.29, 0.717) is 23.5 Å². The SMILES string of the molecule is CC(=O)Nc1cccc(OCC(=O)c2cc(C)n(Cc3ccco3)c2C)c1. The zero-order valence-electron chi connectivity index (χ0n) is 15.6. The first kappa shape index (κ1) is 18.5. The van der Waals surface area contributed by atoms with Crippen molar-refractivity contribution in [1.29, 1.82) is 0 Å². The van der Waals surface area contributed by atoms with Gasteiger partial charge in [-0.1, -0.05) is 6.07 Å². The molecule has 1 aromatic carbocycles. The van der Waals surface area contributed by atoms with Crippen molar-refractivity contribution in [2.24, 2.45) is 0 Å². The number of furan rings is 1. The quantitative estimate of drug-likeness (QED) is 0.642. The maximum atomic E-state index is 12.6. The van der Waals surface area contributed by atoms with Gasteiger partial charge in [-0.15, -0.1) is 0 Å². The fourth-order valence-corrected chi connectivity index (χ4v) is 2.98. The second-order valence-corrected chi connectivity index (χ2v) is 6.37. The van der Waals surface area contributed by atoms with Crippen LogP contribution in [0.1, 0.15) is 34.4 Å². The second-order valence-electron chi connectivity index (χ2n) is 6.37. The van der Waals surface area contributed by atoms with E-state index >= 15 is 0 Å². The van der Waals surface area contributed by atoms with Gasteiger partial charge in [-0.3, -0.25) is 9.59 Å². The molecule has 6 heteroatoms. The number of hydrogen-bond acceptors (Lipinski definition) is 4. The third kappa shape index (κ3) is 4.47. The Bertz CT molecular complexity index is 955. The number of benzene rings is 1. The van der Waals surface area contributed by atoms with Crippen LogP contribution >= 0.6 is 0 Å². The van der Waals surface area contributed by atoms with Crippen molar-refractivity contribution in [1.82, 2.24) is 4.57 Å². The van der Waals surface area contributed by atoms with E-state index in [-0.39, 0.29) is 18.3 Å². The lowest BCUT2D eigenvalue weighted by Gasteiger charge is -2.09. The van der Waals surface area contributed by atoms with Crippen LogP contribution in [-0.2, 0) is 11.3 Å². The number of carbonyl (C=O) groups is 2. The first-order valence-electron chi connectivity index (χ1n) is 8.67. The van der Waals surface area contributed by atoms with Crippen molar-refractivity contribution in [3.05, 3.63) is 71.4 Å². The van der Waals surface area contributed by atoms with Gasteiger partial charge in [0.1, 0.15) is 11.5 Å². The Morgan fingerprint density at radius 1 is 1.15 bits per heavy atom. The summed E-state index contributed by atoms with van der Waals surface area (Å²) < 4.78 is 13.1. The first-order chi connectivity index (χ1) is 12.9. The minimum Gasteiger partial charge on any atom is -0.485 e. The van der Waals surface area contributed by atoms with E-state index in [9.17, 15) is 9.59 Å². The van der Waals surface area contributed by atoms with Crippen LogP contribution in [0, 0.1) is 13.8 Å². The average molecular weight is 366 g/mol. The number of Topliss-reactive ketones (excluding diaryl/α,β-unsaturated/α-hetero) is 1. The topological polar surface area (TPSA) is 73.5 Å². The van der Waals surface area contributed by atoms with Crippen molar-refractivity contribution in [2.75, 3.05) is 11.9 Å². The van der Waals surface area contributed by atoms with Crippen molar-refractivity contribution < 1.29 is 18.7 Å². The summed E-state index contributed by atoms with van der Waals surface area (Å²) in [6.07, 6.45) is 1.64. The third-order valence-corrected chi connectivity index (χ3v) is 4.29. The Morgan fingerprint density at radius 2 is 1.96 bits per heavy atom. The Labute approximate surface area is 157 Å². The summed E-state index contributed by atoms with van der Waals surface area (Å²) in [7, 11) is 0. The Hall–Kier alpha value is -3.28. The monoisotopic (exact) mass is 366 g/mol. The second kappa shape index (κ2) is 7.95. The zero-order valence-corrected chi connectivity index (χ0v) is 15.6. The van der Waals surface area contributed by atoms with Crippen LogP contribution in [0.2, 0.25) is 0 Å². The van der Waals surface area contributed by atoms with Gasteiger partial charge in [0.15, 0.2) is 6.61 Å². The molecular weight excluding hydrogens is 344 g/mol. The molecule has 0 unspecified atom stereocenters. The molecule has 0 bridgehead atoms. The molecule has 2 aromatic heterocycles. The highest BCUT2D eigenvalue weighted by molar-refractivity contribution is 5.98. The number of nitrogens with one attached hydrogen (secondary N) is 1. The van der Waals surface area contributed by atoms with Crippen LogP contribution in [-0.4, -0.2) is 22.9 Å². The highest BCUT2D eigenvalue weighted by atomic mass is 16.5. The number of carbonyl (C=O) groups excluding carboxylic acids is 2. The van der Waals surface area contributed by atoms with Crippen molar-refractivity contribution in [3.8, 4) is 5.75 Å². The number of anilines is 1. The number of aromatic nitrogens is 1. The number of hydrogen-bond donors (Lipinski definition) is 1. The van der Waals surface area contributed by atoms with Gasteiger partial charge in [-0.2, -0.15) is 0 Å². The van der Waals surface area contributed by atoms with Gasteiger partial charge in [0, 0.05) is 35.6 Å². The Morgan fingerprint density at radius 3 is 2.67 bits per heavy atom. The summed E-state index contributed by atoms with van der Waals surface area (Å²) in [5.41, 5.74) is 3.13. The van der Waals surface area contributed by atoms with Gasteiger partial charge in [-0.05, 0) is 44.2 Å². The Balaban J connectivity index is 1.69. The normalized spacial score (nSPS) is 10.6. The number of ether oxygens (including phenoxy) is 1. The molecule has 3 aromatic rings. The lowest BCUT2D eigenvalue weighted by Crippen LogP contribution is -2.13. The number of aryl methyl sites for hydroxylation is 1. The van der Waals surface area contributed by atoms with E-state index in [1.807, 2.05) is 36.6 Å². The minimum atomic E-state index is -0.160. The predicted molar refractivity (Wildman–Crippen MR) is 102 cm³/mol. The van der Waals surface area contributed by atoms with Crippen LogP contribution < -0.4 is 10.1 Å². The average Bonchev–Trinajstić information content (AvgIpc) is 3.23. The molecule has 0 saturated carbocycles. The fraction of sp³-hybridized carbons (Fsp3) is 0.238. The fourth-order valence-electron chi connectivity index (χ4n) is 2.98. The maximum Gasteiger partial charge on any atom is 0.221 e. The molecule has 2 heterocycles. The van der Waals surface area contributed by atoms with E-state index in [4.69, 9.17) is 9.15 Å². The van der Waals surface area contributed by atoms with Gasteiger partial charge < -0.3 is 19.0 Å². The van der Waals surface area contributed by atoms with Crippen LogP contribution in [0.3, 0.4) is 0 Å². The van der Waals surface area contributed by atoms with E-state index in [2.05, 4.69) is 5.32 Å². The molecule has 0 aliphatic heterocycles. The van der Waals surface area contributed by atoms with Gasteiger partial charge >= 0.3 is 0 Å². The van der Waals surface area contributed by atoms with E-state index in [1.54, 1.807) is 30.5 Å². The van der Waals surface area contributed by atoms with Crippen molar-refractivity contribution in [3.63, 3.8) is 0 Å². The van der Waals surface area contributed by atoms with Gasteiger partial charge in [0.25, 0.3) is 0 Å². The first-order valence-corrected chi connectivity index (χ1v) is 8.67. The predicted octanol–water partition coefficient (Wildman–Crippen LogP) is 3.97. The maximum absolute atomic E-state index is 12.6. The third-order valence-electron chi connectivity index (χ3n) is 4.29. The number of rotatable bonds is 7. The molecule has 6 nitrogen and oxygen atoms in total. The largest absolute Gasteiger partial charge is 0.485 e. The number of ketones is 1. The summed E-state index contributed by atoms with van der Waals surface area (Å²) >= 11 is 0. The smallest absolute Gasteiger partial charge is 0.221 e. The molecule has 0 atom stereocenters. The molecule has 1 amide bonds. The molecule has 0 aliphatic carbocycles. The minimum absolute atomic E-state index is 0.0748. The van der Waals surface area contributed by atoms with Crippen molar-refractivity contribution in [2.45, 2.75) is 27.3 Å². The zero-order chi connectivity index (χ0) is 19.4. The van der Waals surface area contributed by atoms with E-state index in [0.717, 1.165) is 17.1 Å². The summed E-state index contributed by atoms with van der Waals surface area (Å²) in [4.78, 5) is 23.8. The molecule has 140 valence electrons. The summed E-state index contributed by atoms with van der Waals surface area (Å²) in [5.74, 6) is 1.10. The molecule has 0 radical (unpaired) electrons. The van der Waals surface area contributed by atoms with Crippen LogP contribution in [0.4, 0.5) is 5.69 Å². The number of amides is 1. The number of nitrogens with zero attached hydrogens (tertiary/aromatic N) is 1. The summed E-state index contributed by atoms with van der Waals surface area (Å²) in [6.45, 7) is 5.83. The summed E-state index contributed by atoms with van der Waals surface area (Å²) in [6, 6.07) is 12.6. The van der Waals surface area contributed by atoms with Gasteiger partial charge in [-0.25, -0.2) is 0 Å². The highest BCUT2D eigenvalue weighted by Crippen LogP contribution is 2.20. The van der Waals surface area contributed by atoms with Gasteiger partial charge in [0.05, 0.1) is 12.8 Å². The van der Waals surface area contributed by atoms with Crippen LogP contribution in [0.5, 0.6) is 5.75 Å².